The average molecular weight is 627 g/mol. The predicted octanol–water partition coefficient (Wildman–Crippen LogP) is 7.18. The van der Waals surface area contributed by atoms with Gasteiger partial charge in [0.2, 0.25) is 5.91 Å². The summed E-state index contributed by atoms with van der Waals surface area (Å²) >= 11 is 7.60. The third-order valence-electron chi connectivity index (χ3n) is 5.76. The van der Waals surface area contributed by atoms with Gasteiger partial charge < -0.3 is 15.7 Å². The van der Waals surface area contributed by atoms with Gasteiger partial charge in [0, 0.05) is 23.7 Å². The second-order valence-corrected chi connectivity index (χ2v) is 10.4. The molecule has 0 atom stereocenters. The fourth-order valence-corrected chi connectivity index (χ4v) is 4.73. The maximum absolute atomic E-state index is 12.5. The van der Waals surface area contributed by atoms with Crippen LogP contribution in [0.15, 0.2) is 95.0 Å². The molecule has 13 heteroatoms. The minimum atomic E-state index is -5.08. The number of amides is 2. The van der Waals surface area contributed by atoms with Crippen molar-refractivity contribution >= 4 is 74.7 Å². The Morgan fingerprint density at radius 3 is 2.47 bits per heavy atom. The second kappa shape index (κ2) is 14.0. The van der Waals surface area contributed by atoms with Crippen molar-refractivity contribution in [3.05, 3.63) is 106 Å². The van der Waals surface area contributed by atoms with E-state index in [1.807, 2.05) is 66.7 Å². The smallest absolute Gasteiger partial charge is 0.475 e. The van der Waals surface area contributed by atoms with Crippen molar-refractivity contribution in [3.63, 3.8) is 0 Å². The minimum absolute atomic E-state index is 0.0920. The minimum Gasteiger partial charge on any atom is -0.475 e. The van der Waals surface area contributed by atoms with Gasteiger partial charge in [0.25, 0.3) is 5.91 Å². The maximum Gasteiger partial charge on any atom is 0.490 e. The summed E-state index contributed by atoms with van der Waals surface area (Å²) in [6, 6.07) is 24.7. The Balaban J connectivity index is 0.000000541. The Hall–Kier alpha value is -4.68. The van der Waals surface area contributed by atoms with Crippen molar-refractivity contribution in [1.82, 2.24) is 4.98 Å². The van der Waals surface area contributed by atoms with Crippen LogP contribution in [0.25, 0.3) is 17.0 Å². The summed E-state index contributed by atoms with van der Waals surface area (Å²) in [6.45, 7) is 0. The van der Waals surface area contributed by atoms with Crippen LogP contribution in [0.1, 0.15) is 17.5 Å². The van der Waals surface area contributed by atoms with Crippen LogP contribution in [0, 0.1) is 0 Å². The highest BCUT2D eigenvalue weighted by atomic mass is 35.5. The van der Waals surface area contributed by atoms with Gasteiger partial charge in [-0.05, 0) is 71.8 Å². The van der Waals surface area contributed by atoms with E-state index in [0.717, 1.165) is 22.0 Å². The van der Waals surface area contributed by atoms with E-state index in [0.29, 0.717) is 39.3 Å². The topological polar surface area (TPSA) is 121 Å². The van der Waals surface area contributed by atoms with Gasteiger partial charge in [-0.3, -0.25) is 14.6 Å². The number of fused-ring (bicyclic) bond motifs is 1. The first-order valence-corrected chi connectivity index (χ1v) is 13.8. The number of alkyl halides is 3. The maximum atomic E-state index is 12.5. The third-order valence-corrected chi connectivity index (χ3v) is 6.99. The van der Waals surface area contributed by atoms with Crippen molar-refractivity contribution in [2.45, 2.75) is 19.0 Å². The summed E-state index contributed by atoms with van der Waals surface area (Å²) in [4.78, 5) is 42.8. The van der Waals surface area contributed by atoms with E-state index >= 15 is 0 Å². The molecule has 4 aromatic rings. The molecule has 0 radical (unpaired) electrons. The number of thioether (sulfide) groups is 1. The van der Waals surface area contributed by atoms with Crippen LogP contribution in [0.5, 0.6) is 0 Å². The molecule has 3 aromatic carbocycles. The first kappa shape index (κ1) is 31.3. The van der Waals surface area contributed by atoms with Gasteiger partial charge in [-0.2, -0.15) is 18.2 Å². The number of anilines is 2. The number of aliphatic carboxylic acids is 1. The molecule has 3 N–H and O–H groups in total. The summed E-state index contributed by atoms with van der Waals surface area (Å²) in [5.41, 5.74) is 4.05. The fraction of sp³-hybridized carbons (Fsp3) is 0.100. The molecule has 5 rings (SSSR count). The van der Waals surface area contributed by atoms with Crippen molar-refractivity contribution in [3.8, 4) is 0 Å². The van der Waals surface area contributed by atoms with Crippen molar-refractivity contribution in [1.29, 1.82) is 0 Å². The first-order valence-electron chi connectivity index (χ1n) is 12.6. The van der Waals surface area contributed by atoms with E-state index in [4.69, 9.17) is 21.5 Å². The molecule has 43 heavy (non-hydrogen) atoms. The van der Waals surface area contributed by atoms with E-state index < -0.39 is 12.1 Å². The highest BCUT2D eigenvalue weighted by molar-refractivity contribution is 8.18. The number of rotatable bonds is 6. The molecule has 220 valence electrons. The molecular weight excluding hydrogens is 605 g/mol. The first-order chi connectivity index (χ1) is 20.5. The number of carbonyl (C=O) groups excluding carboxylic acids is 2. The van der Waals surface area contributed by atoms with Crippen molar-refractivity contribution in [2.24, 2.45) is 4.99 Å². The molecule has 0 aliphatic carbocycles. The van der Waals surface area contributed by atoms with Crippen LogP contribution in [0.2, 0.25) is 5.02 Å². The molecule has 1 aliphatic rings. The quantitative estimate of drug-likeness (QED) is 0.194. The Kier molecular flexibility index (Phi) is 10.2. The van der Waals surface area contributed by atoms with Crippen LogP contribution < -0.4 is 10.6 Å². The summed E-state index contributed by atoms with van der Waals surface area (Å²) < 4.78 is 31.7. The number of amidine groups is 1. The van der Waals surface area contributed by atoms with Crippen LogP contribution in [-0.4, -0.2) is 39.2 Å². The van der Waals surface area contributed by atoms with Crippen molar-refractivity contribution < 1.29 is 32.7 Å². The summed E-state index contributed by atoms with van der Waals surface area (Å²) in [5, 5.41) is 15.0. The molecule has 0 saturated carbocycles. The molecule has 0 spiro atoms. The lowest BCUT2D eigenvalue weighted by Gasteiger charge is -2.11. The van der Waals surface area contributed by atoms with E-state index in [-0.39, 0.29) is 11.8 Å². The molecule has 1 aromatic heterocycles. The highest BCUT2D eigenvalue weighted by Crippen LogP contribution is 2.33. The number of halogens is 4. The molecular formula is C30H22ClF3N4O4S. The largest absolute Gasteiger partial charge is 0.490 e. The Morgan fingerprint density at radius 2 is 1.74 bits per heavy atom. The standard InChI is InChI=1S/C28H21ClN4O2S.C2HF3O2/c29-22-11-10-21(31-26(34)13-9-18-5-2-1-3-6-18)17-24(22)32-28-33-27(35)25(36-28)16-19-8-12-23-20(15-19)7-4-14-30-23;3-2(4,5)1(6)7/h1-8,10-12,14-17H,9,13H2,(H,31,34)(H,32,33,35);(H,6,7). The number of aliphatic imine (C=N–C) groups is 1. The number of hydrogen-bond donors (Lipinski definition) is 3. The molecule has 8 nitrogen and oxygen atoms in total. The van der Waals surface area contributed by atoms with E-state index in [1.54, 1.807) is 24.4 Å². The number of aromatic nitrogens is 1. The predicted molar refractivity (Wildman–Crippen MR) is 162 cm³/mol. The number of nitrogens with one attached hydrogen (secondary N) is 2. The highest BCUT2D eigenvalue weighted by Gasteiger charge is 2.38. The number of benzene rings is 3. The monoisotopic (exact) mass is 626 g/mol. The van der Waals surface area contributed by atoms with E-state index in [1.165, 1.54) is 11.8 Å². The van der Waals surface area contributed by atoms with Gasteiger partial charge in [-0.1, -0.05) is 54.1 Å². The average Bonchev–Trinajstić information content (AvgIpc) is 3.32. The zero-order valence-electron chi connectivity index (χ0n) is 22.1. The van der Waals surface area contributed by atoms with Gasteiger partial charge in [-0.15, -0.1) is 0 Å². The van der Waals surface area contributed by atoms with Crippen LogP contribution in [0.3, 0.4) is 0 Å². The fourth-order valence-electron chi connectivity index (χ4n) is 3.74. The van der Waals surface area contributed by atoms with Crippen LogP contribution >= 0.6 is 23.4 Å². The van der Waals surface area contributed by atoms with E-state index in [2.05, 4.69) is 20.6 Å². The van der Waals surface area contributed by atoms with Crippen LogP contribution in [-0.2, 0) is 20.8 Å². The number of carbonyl (C=O) groups is 3. The molecule has 2 heterocycles. The summed E-state index contributed by atoms with van der Waals surface area (Å²) in [7, 11) is 0. The lowest BCUT2D eigenvalue weighted by molar-refractivity contribution is -0.192. The van der Waals surface area contributed by atoms with Gasteiger partial charge in [0.15, 0.2) is 5.17 Å². The van der Waals surface area contributed by atoms with Gasteiger partial charge in [0.05, 0.1) is 21.1 Å². The lowest BCUT2D eigenvalue weighted by Crippen LogP contribution is -2.21. The van der Waals surface area contributed by atoms with E-state index in [9.17, 15) is 22.8 Å². The molecule has 0 saturated heterocycles. The Bertz CT molecular complexity index is 1730. The molecule has 0 bridgehead atoms. The normalized spacial score (nSPS) is 13.7. The number of carboxylic acids is 1. The van der Waals surface area contributed by atoms with Gasteiger partial charge in [-0.25, -0.2) is 4.79 Å². The number of hydrogen-bond acceptors (Lipinski definition) is 6. The zero-order valence-corrected chi connectivity index (χ0v) is 23.6. The van der Waals surface area contributed by atoms with Crippen molar-refractivity contribution in [2.75, 3.05) is 10.6 Å². The number of aryl methyl sites for hydroxylation is 1. The number of nitrogens with zero attached hydrogens (tertiary/aromatic N) is 2. The van der Waals surface area contributed by atoms with Crippen LogP contribution in [0.4, 0.5) is 24.5 Å². The number of pyridine rings is 1. The molecule has 2 amide bonds. The lowest BCUT2D eigenvalue weighted by atomic mass is 10.1. The van der Waals surface area contributed by atoms with Gasteiger partial charge >= 0.3 is 12.1 Å². The van der Waals surface area contributed by atoms with Gasteiger partial charge in [0.1, 0.15) is 0 Å². The number of carboxylic acid groups (broad SMARTS) is 1. The Labute approximate surface area is 252 Å². The third kappa shape index (κ3) is 9.15. The summed E-state index contributed by atoms with van der Waals surface area (Å²) in [5.74, 6) is -3.17. The SMILES string of the molecule is O=C(CCc1ccccc1)Nc1ccc(Cl)c(NC2=NC(=O)C(=Cc3ccc4ncccc4c3)S2)c1.O=C(O)C(F)(F)F. The molecule has 0 fully saturated rings. The molecule has 1 aliphatic heterocycles. The zero-order chi connectivity index (χ0) is 31.0. The molecule has 0 unspecified atom stereocenters. The second-order valence-electron chi connectivity index (χ2n) is 8.94. The summed E-state index contributed by atoms with van der Waals surface area (Å²) in [6.07, 6.45) is -0.503. The Morgan fingerprint density at radius 1 is 1.00 bits per heavy atom.